The minimum absolute atomic E-state index is 0. The quantitative estimate of drug-likeness (QED) is 0.817. The normalized spacial score (nSPS) is 11.2. The SMILES string of the molecule is COC(=O)c1cc(NC(=O)CCC(C)N)ccc1C.Cl. The van der Waals surface area contributed by atoms with Crippen LogP contribution in [0.3, 0.4) is 0 Å². The van der Waals surface area contributed by atoms with Crippen LogP contribution >= 0.6 is 12.4 Å². The number of methoxy groups -OCH3 is 1. The second-order valence-electron chi connectivity index (χ2n) is 4.59. The van der Waals surface area contributed by atoms with Gasteiger partial charge in [0, 0.05) is 18.2 Å². The van der Waals surface area contributed by atoms with Gasteiger partial charge < -0.3 is 15.8 Å². The Morgan fingerprint density at radius 3 is 2.60 bits per heavy atom. The summed E-state index contributed by atoms with van der Waals surface area (Å²) in [5.41, 5.74) is 7.44. The lowest BCUT2D eigenvalue weighted by Crippen LogP contribution is -2.19. The molecule has 5 nitrogen and oxygen atoms in total. The maximum atomic E-state index is 11.7. The molecule has 1 aromatic carbocycles. The van der Waals surface area contributed by atoms with E-state index < -0.39 is 5.97 Å². The summed E-state index contributed by atoms with van der Waals surface area (Å²) in [6.07, 6.45) is 0.987. The fraction of sp³-hybridized carbons (Fsp3) is 0.429. The molecule has 0 bridgehead atoms. The fourth-order valence-electron chi connectivity index (χ4n) is 1.61. The monoisotopic (exact) mass is 300 g/mol. The van der Waals surface area contributed by atoms with E-state index in [4.69, 9.17) is 5.73 Å². The number of benzene rings is 1. The molecule has 0 heterocycles. The third-order valence-electron chi connectivity index (χ3n) is 2.75. The molecule has 6 heteroatoms. The summed E-state index contributed by atoms with van der Waals surface area (Å²) in [6, 6.07) is 5.14. The van der Waals surface area contributed by atoms with Crippen LogP contribution in [0.2, 0.25) is 0 Å². The van der Waals surface area contributed by atoms with Crippen LogP contribution in [0.4, 0.5) is 5.69 Å². The van der Waals surface area contributed by atoms with Crippen molar-refractivity contribution in [2.24, 2.45) is 5.73 Å². The molecule has 0 aliphatic carbocycles. The first-order chi connectivity index (χ1) is 8.93. The Kier molecular flexibility index (Phi) is 7.87. The van der Waals surface area contributed by atoms with Crippen molar-refractivity contribution < 1.29 is 14.3 Å². The van der Waals surface area contributed by atoms with E-state index in [1.807, 2.05) is 13.8 Å². The first-order valence-corrected chi connectivity index (χ1v) is 6.18. The zero-order valence-electron chi connectivity index (χ0n) is 11.9. The minimum atomic E-state index is -0.413. The Morgan fingerprint density at radius 2 is 2.05 bits per heavy atom. The number of nitrogens with two attached hydrogens (primary N) is 1. The number of halogens is 1. The van der Waals surface area contributed by atoms with E-state index in [1.54, 1.807) is 18.2 Å². The van der Waals surface area contributed by atoms with Crippen molar-refractivity contribution in [1.29, 1.82) is 0 Å². The van der Waals surface area contributed by atoms with Gasteiger partial charge in [-0.15, -0.1) is 12.4 Å². The first-order valence-electron chi connectivity index (χ1n) is 6.18. The molecule has 1 atom stereocenters. The molecule has 1 rings (SSSR count). The summed E-state index contributed by atoms with van der Waals surface area (Å²) in [5, 5.41) is 2.74. The molecule has 1 unspecified atom stereocenters. The molecule has 0 aromatic heterocycles. The average Bonchev–Trinajstić information content (AvgIpc) is 2.37. The van der Waals surface area contributed by atoms with E-state index in [1.165, 1.54) is 7.11 Å². The highest BCUT2D eigenvalue weighted by atomic mass is 35.5. The highest BCUT2D eigenvalue weighted by Crippen LogP contribution is 2.16. The van der Waals surface area contributed by atoms with Gasteiger partial charge in [0.15, 0.2) is 0 Å². The van der Waals surface area contributed by atoms with Crippen LogP contribution in [0.15, 0.2) is 18.2 Å². The van der Waals surface area contributed by atoms with Crippen molar-refractivity contribution in [2.45, 2.75) is 32.7 Å². The summed E-state index contributed by atoms with van der Waals surface area (Å²) >= 11 is 0. The van der Waals surface area contributed by atoms with Crippen molar-refractivity contribution in [3.05, 3.63) is 29.3 Å². The van der Waals surface area contributed by atoms with Crippen LogP contribution < -0.4 is 11.1 Å². The van der Waals surface area contributed by atoms with Gasteiger partial charge in [-0.2, -0.15) is 0 Å². The van der Waals surface area contributed by atoms with Crippen molar-refractivity contribution in [2.75, 3.05) is 12.4 Å². The van der Waals surface area contributed by atoms with Crippen LogP contribution in [0.5, 0.6) is 0 Å². The number of hydrogen-bond donors (Lipinski definition) is 2. The highest BCUT2D eigenvalue weighted by molar-refractivity contribution is 5.95. The van der Waals surface area contributed by atoms with E-state index in [-0.39, 0.29) is 24.4 Å². The molecule has 1 aromatic rings. The van der Waals surface area contributed by atoms with Gasteiger partial charge in [0.25, 0.3) is 0 Å². The number of ether oxygens (including phenoxy) is 1. The Morgan fingerprint density at radius 1 is 1.40 bits per heavy atom. The Bertz CT molecular complexity index is 475. The molecule has 3 N–H and O–H groups in total. The molecule has 0 spiro atoms. The van der Waals surface area contributed by atoms with Gasteiger partial charge in [0.05, 0.1) is 12.7 Å². The van der Waals surface area contributed by atoms with Gasteiger partial charge in [0.2, 0.25) is 5.91 Å². The third-order valence-corrected chi connectivity index (χ3v) is 2.75. The third kappa shape index (κ3) is 5.59. The van der Waals surface area contributed by atoms with E-state index >= 15 is 0 Å². The molecule has 0 aliphatic heterocycles. The maximum absolute atomic E-state index is 11.7. The van der Waals surface area contributed by atoms with E-state index in [0.29, 0.717) is 24.1 Å². The standard InChI is InChI=1S/C14H20N2O3.ClH/c1-9-4-6-11(8-12(9)14(18)19-3)16-13(17)7-5-10(2)15;/h4,6,8,10H,5,7,15H2,1-3H3,(H,16,17);1H. The minimum Gasteiger partial charge on any atom is -0.465 e. The molecule has 112 valence electrons. The van der Waals surface area contributed by atoms with Crippen LogP contribution in [0.1, 0.15) is 35.7 Å². The lowest BCUT2D eigenvalue weighted by atomic mass is 10.1. The van der Waals surface area contributed by atoms with E-state index in [9.17, 15) is 9.59 Å². The first kappa shape index (κ1) is 18.4. The second kappa shape index (κ2) is 8.55. The van der Waals surface area contributed by atoms with Gasteiger partial charge in [-0.25, -0.2) is 4.79 Å². The summed E-state index contributed by atoms with van der Waals surface area (Å²) in [5.74, 6) is -0.527. The van der Waals surface area contributed by atoms with Crippen molar-refractivity contribution in [1.82, 2.24) is 0 Å². The molecule has 20 heavy (non-hydrogen) atoms. The number of aryl methyl sites for hydroxylation is 1. The van der Waals surface area contributed by atoms with Gasteiger partial charge >= 0.3 is 5.97 Å². The largest absolute Gasteiger partial charge is 0.465 e. The Balaban J connectivity index is 0.00000361. The van der Waals surface area contributed by atoms with Crippen molar-refractivity contribution in [3.63, 3.8) is 0 Å². The van der Waals surface area contributed by atoms with Crippen LogP contribution in [0, 0.1) is 6.92 Å². The summed E-state index contributed by atoms with van der Waals surface area (Å²) < 4.78 is 4.69. The number of hydrogen-bond acceptors (Lipinski definition) is 4. The summed E-state index contributed by atoms with van der Waals surface area (Å²) in [7, 11) is 1.33. The summed E-state index contributed by atoms with van der Waals surface area (Å²) in [4.78, 5) is 23.2. The topological polar surface area (TPSA) is 81.4 Å². The molecule has 0 aliphatic rings. The zero-order chi connectivity index (χ0) is 14.4. The molecule has 1 amide bonds. The molecular weight excluding hydrogens is 280 g/mol. The molecule has 0 saturated heterocycles. The van der Waals surface area contributed by atoms with Gasteiger partial charge in [-0.05, 0) is 38.0 Å². The average molecular weight is 301 g/mol. The zero-order valence-corrected chi connectivity index (χ0v) is 12.8. The van der Waals surface area contributed by atoms with Gasteiger partial charge in [-0.1, -0.05) is 6.07 Å². The second-order valence-corrected chi connectivity index (χ2v) is 4.59. The number of nitrogens with one attached hydrogen (secondary N) is 1. The molecular formula is C14H21ClN2O3. The Labute approximate surface area is 125 Å². The number of rotatable bonds is 5. The number of carbonyl (C=O) groups is 2. The molecule has 0 radical (unpaired) electrons. The van der Waals surface area contributed by atoms with Crippen LogP contribution in [-0.2, 0) is 9.53 Å². The number of amides is 1. The predicted octanol–water partition coefficient (Wildman–Crippen LogP) is 2.27. The van der Waals surface area contributed by atoms with Gasteiger partial charge in [-0.3, -0.25) is 4.79 Å². The molecule has 0 fully saturated rings. The lowest BCUT2D eigenvalue weighted by molar-refractivity contribution is -0.116. The number of anilines is 1. The van der Waals surface area contributed by atoms with Crippen molar-refractivity contribution in [3.8, 4) is 0 Å². The van der Waals surface area contributed by atoms with E-state index in [2.05, 4.69) is 10.1 Å². The lowest BCUT2D eigenvalue weighted by Gasteiger charge is -2.09. The number of esters is 1. The van der Waals surface area contributed by atoms with Crippen LogP contribution in [-0.4, -0.2) is 25.0 Å². The van der Waals surface area contributed by atoms with Crippen molar-refractivity contribution >= 4 is 30.0 Å². The fourth-order valence-corrected chi connectivity index (χ4v) is 1.61. The van der Waals surface area contributed by atoms with Gasteiger partial charge in [0.1, 0.15) is 0 Å². The Hall–Kier alpha value is -1.59. The molecule has 0 saturated carbocycles. The van der Waals surface area contributed by atoms with Crippen LogP contribution in [0.25, 0.3) is 0 Å². The number of carbonyl (C=O) groups excluding carboxylic acids is 2. The maximum Gasteiger partial charge on any atom is 0.338 e. The predicted molar refractivity (Wildman–Crippen MR) is 81.3 cm³/mol. The highest BCUT2D eigenvalue weighted by Gasteiger charge is 2.11. The van der Waals surface area contributed by atoms with E-state index in [0.717, 1.165) is 5.56 Å². The summed E-state index contributed by atoms with van der Waals surface area (Å²) in [6.45, 7) is 3.67. The smallest absolute Gasteiger partial charge is 0.338 e.